The average Bonchev–Trinajstić information content (AvgIpc) is 2.29. The Kier molecular flexibility index (Phi) is 5.45. The summed E-state index contributed by atoms with van der Waals surface area (Å²) >= 11 is 0. The average molecular weight is 236 g/mol. The Morgan fingerprint density at radius 3 is 2.59 bits per heavy atom. The van der Waals surface area contributed by atoms with Crippen molar-refractivity contribution in [2.45, 2.75) is 25.8 Å². The zero-order valence-electron chi connectivity index (χ0n) is 11.4. The largest absolute Gasteiger partial charge is 0.496 e. The van der Waals surface area contributed by atoms with E-state index >= 15 is 0 Å². The smallest absolute Gasteiger partial charge is 0.123 e. The predicted octanol–water partition coefficient (Wildman–Crippen LogP) is 2.35. The molecule has 1 aromatic carbocycles. The molecular formula is C14H24N2O. The van der Waals surface area contributed by atoms with Crippen LogP contribution in [0.4, 0.5) is 0 Å². The third-order valence-electron chi connectivity index (χ3n) is 3.05. The molecule has 96 valence electrons. The minimum absolute atomic E-state index is 0.369. The van der Waals surface area contributed by atoms with Gasteiger partial charge in [0.1, 0.15) is 5.75 Å². The first-order chi connectivity index (χ1) is 8.10. The van der Waals surface area contributed by atoms with Crippen LogP contribution in [0.1, 0.15) is 30.0 Å². The molecule has 0 bridgehead atoms. The minimum Gasteiger partial charge on any atom is -0.496 e. The second kappa shape index (κ2) is 6.62. The van der Waals surface area contributed by atoms with Crippen molar-refractivity contribution in [3.8, 4) is 5.75 Å². The first kappa shape index (κ1) is 14.0. The van der Waals surface area contributed by atoms with E-state index in [9.17, 15) is 0 Å². The molecule has 0 fully saturated rings. The van der Waals surface area contributed by atoms with Gasteiger partial charge < -0.3 is 15.4 Å². The van der Waals surface area contributed by atoms with Gasteiger partial charge in [0.2, 0.25) is 0 Å². The SMILES string of the molecule is COc1ccc(C)cc1C(CCCN)N(C)C. The molecule has 0 radical (unpaired) electrons. The van der Waals surface area contributed by atoms with E-state index in [4.69, 9.17) is 10.5 Å². The van der Waals surface area contributed by atoms with Crippen LogP contribution in [-0.4, -0.2) is 32.6 Å². The molecule has 2 N–H and O–H groups in total. The molecule has 0 aliphatic carbocycles. The third-order valence-corrected chi connectivity index (χ3v) is 3.05. The fourth-order valence-electron chi connectivity index (χ4n) is 2.12. The second-order valence-corrected chi connectivity index (χ2v) is 4.66. The molecule has 0 spiro atoms. The van der Waals surface area contributed by atoms with Gasteiger partial charge in [-0.1, -0.05) is 17.7 Å². The van der Waals surface area contributed by atoms with Crippen LogP contribution in [0.3, 0.4) is 0 Å². The number of hydrogen-bond acceptors (Lipinski definition) is 3. The molecule has 3 heteroatoms. The molecule has 0 saturated carbocycles. The van der Waals surface area contributed by atoms with Gasteiger partial charge in [0, 0.05) is 11.6 Å². The van der Waals surface area contributed by atoms with E-state index in [1.807, 2.05) is 6.07 Å². The van der Waals surface area contributed by atoms with E-state index in [2.05, 4.69) is 38.1 Å². The molecule has 1 aromatic rings. The van der Waals surface area contributed by atoms with Gasteiger partial charge >= 0.3 is 0 Å². The maximum Gasteiger partial charge on any atom is 0.123 e. The molecule has 0 amide bonds. The second-order valence-electron chi connectivity index (χ2n) is 4.66. The summed E-state index contributed by atoms with van der Waals surface area (Å²) in [7, 11) is 5.93. The van der Waals surface area contributed by atoms with Gasteiger partial charge in [-0.3, -0.25) is 0 Å². The molecular weight excluding hydrogens is 212 g/mol. The predicted molar refractivity (Wildman–Crippen MR) is 72.4 cm³/mol. The van der Waals surface area contributed by atoms with Crippen LogP contribution in [0.15, 0.2) is 18.2 Å². The highest BCUT2D eigenvalue weighted by Crippen LogP contribution is 2.31. The lowest BCUT2D eigenvalue weighted by molar-refractivity contribution is 0.271. The number of ether oxygens (including phenoxy) is 1. The van der Waals surface area contributed by atoms with Gasteiger partial charge in [0.25, 0.3) is 0 Å². The van der Waals surface area contributed by atoms with Gasteiger partial charge in [0.05, 0.1) is 7.11 Å². The van der Waals surface area contributed by atoms with E-state index in [0.717, 1.165) is 25.1 Å². The number of rotatable bonds is 6. The fraction of sp³-hybridized carbons (Fsp3) is 0.571. The van der Waals surface area contributed by atoms with E-state index < -0.39 is 0 Å². The standard InChI is InChI=1S/C14H24N2O/c1-11-7-8-14(17-4)12(10-11)13(16(2)3)6-5-9-15/h7-8,10,13H,5-6,9,15H2,1-4H3. The Labute approximate surface area is 105 Å². The van der Waals surface area contributed by atoms with Crippen molar-refractivity contribution >= 4 is 0 Å². The van der Waals surface area contributed by atoms with Crippen molar-refractivity contribution in [3.63, 3.8) is 0 Å². The number of nitrogens with zero attached hydrogens (tertiary/aromatic N) is 1. The molecule has 0 heterocycles. The Morgan fingerprint density at radius 2 is 2.06 bits per heavy atom. The van der Waals surface area contributed by atoms with Crippen LogP contribution < -0.4 is 10.5 Å². The summed E-state index contributed by atoms with van der Waals surface area (Å²) in [5, 5.41) is 0. The molecule has 1 rings (SSSR count). The van der Waals surface area contributed by atoms with E-state index in [0.29, 0.717) is 6.04 Å². The van der Waals surface area contributed by atoms with Crippen molar-refractivity contribution in [1.82, 2.24) is 4.90 Å². The molecule has 0 aromatic heterocycles. The molecule has 17 heavy (non-hydrogen) atoms. The third kappa shape index (κ3) is 3.72. The van der Waals surface area contributed by atoms with Crippen LogP contribution in [0.2, 0.25) is 0 Å². The van der Waals surface area contributed by atoms with Crippen LogP contribution in [0.25, 0.3) is 0 Å². The summed E-state index contributed by atoms with van der Waals surface area (Å²) in [6.45, 7) is 2.84. The highest BCUT2D eigenvalue weighted by atomic mass is 16.5. The first-order valence-corrected chi connectivity index (χ1v) is 6.11. The Hall–Kier alpha value is -1.06. The Bertz CT molecular complexity index is 350. The lowest BCUT2D eigenvalue weighted by atomic mass is 9.98. The lowest BCUT2D eigenvalue weighted by Crippen LogP contribution is -2.21. The summed E-state index contributed by atoms with van der Waals surface area (Å²) < 4.78 is 5.45. The summed E-state index contributed by atoms with van der Waals surface area (Å²) in [5.74, 6) is 0.964. The van der Waals surface area contributed by atoms with Crippen LogP contribution in [-0.2, 0) is 0 Å². The van der Waals surface area contributed by atoms with Gasteiger partial charge in [-0.25, -0.2) is 0 Å². The Balaban J connectivity index is 3.02. The number of aryl methyl sites for hydroxylation is 1. The van der Waals surface area contributed by atoms with E-state index in [-0.39, 0.29) is 0 Å². The summed E-state index contributed by atoms with van der Waals surface area (Å²) in [6, 6.07) is 6.70. The summed E-state index contributed by atoms with van der Waals surface area (Å²) in [5.41, 5.74) is 8.13. The number of methoxy groups -OCH3 is 1. The maximum absolute atomic E-state index is 5.61. The topological polar surface area (TPSA) is 38.5 Å². The zero-order valence-corrected chi connectivity index (χ0v) is 11.4. The zero-order chi connectivity index (χ0) is 12.8. The van der Waals surface area contributed by atoms with Gasteiger partial charge in [-0.15, -0.1) is 0 Å². The van der Waals surface area contributed by atoms with Crippen molar-refractivity contribution in [2.75, 3.05) is 27.7 Å². The lowest BCUT2D eigenvalue weighted by Gasteiger charge is -2.26. The van der Waals surface area contributed by atoms with Gasteiger partial charge in [-0.2, -0.15) is 0 Å². The molecule has 0 aliphatic rings. The number of benzene rings is 1. The molecule has 0 aliphatic heterocycles. The van der Waals surface area contributed by atoms with Crippen LogP contribution >= 0.6 is 0 Å². The summed E-state index contributed by atoms with van der Waals surface area (Å²) in [4.78, 5) is 2.23. The van der Waals surface area contributed by atoms with Crippen molar-refractivity contribution in [2.24, 2.45) is 5.73 Å². The molecule has 1 unspecified atom stereocenters. The first-order valence-electron chi connectivity index (χ1n) is 6.11. The quantitative estimate of drug-likeness (QED) is 0.824. The number of hydrogen-bond donors (Lipinski definition) is 1. The van der Waals surface area contributed by atoms with E-state index in [1.54, 1.807) is 7.11 Å². The van der Waals surface area contributed by atoms with Crippen molar-refractivity contribution in [3.05, 3.63) is 29.3 Å². The van der Waals surface area contributed by atoms with Gasteiger partial charge in [-0.05, 0) is 46.5 Å². The maximum atomic E-state index is 5.61. The van der Waals surface area contributed by atoms with Gasteiger partial charge in [0.15, 0.2) is 0 Å². The Morgan fingerprint density at radius 1 is 1.35 bits per heavy atom. The van der Waals surface area contributed by atoms with Crippen LogP contribution in [0, 0.1) is 6.92 Å². The van der Waals surface area contributed by atoms with E-state index in [1.165, 1.54) is 11.1 Å². The fourth-order valence-corrected chi connectivity index (χ4v) is 2.12. The monoisotopic (exact) mass is 236 g/mol. The van der Waals surface area contributed by atoms with Crippen molar-refractivity contribution < 1.29 is 4.74 Å². The highest BCUT2D eigenvalue weighted by molar-refractivity contribution is 5.39. The molecule has 3 nitrogen and oxygen atoms in total. The normalized spacial score (nSPS) is 12.8. The van der Waals surface area contributed by atoms with Crippen molar-refractivity contribution in [1.29, 1.82) is 0 Å². The number of nitrogens with two attached hydrogens (primary N) is 1. The highest BCUT2D eigenvalue weighted by Gasteiger charge is 2.17. The molecule has 1 atom stereocenters. The molecule has 0 saturated heterocycles. The minimum atomic E-state index is 0.369. The van der Waals surface area contributed by atoms with Crippen LogP contribution in [0.5, 0.6) is 5.75 Å². The summed E-state index contributed by atoms with van der Waals surface area (Å²) in [6.07, 6.45) is 2.09.